The minimum Gasteiger partial charge on any atom is -0.481 e. The Morgan fingerprint density at radius 2 is 1.83 bits per heavy atom. The molecule has 6 atom stereocenters. The van der Waals surface area contributed by atoms with Gasteiger partial charge in [-0.25, -0.2) is 0 Å². The second-order valence-electron chi connectivity index (χ2n) is 11.0. The van der Waals surface area contributed by atoms with Gasteiger partial charge in [0.2, 0.25) is 0 Å². The lowest BCUT2D eigenvalue weighted by Crippen LogP contribution is -2.52. The highest BCUT2D eigenvalue weighted by atomic mass is 16.5. The molecular formula is C26H34O9. The first-order chi connectivity index (χ1) is 16.4. The maximum atomic E-state index is 12.7. The molecule has 3 aliphatic rings. The van der Waals surface area contributed by atoms with Gasteiger partial charge in [0.05, 0.1) is 50.1 Å². The normalized spacial score (nSPS) is 36.5. The van der Waals surface area contributed by atoms with E-state index in [1.807, 2.05) is 6.92 Å². The zero-order valence-electron chi connectivity index (χ0n) is 20.6. The predicted molar refractivity (Wildman–Crippen MR) is 122 cm³/mol. The average Bonchev–Trinajstić information content (AvgIpc) is 3.35. The Kier molecular flexibility index (Phi) is 6.38. The van der Waals surface area contributed by atoms with Crippen LogP contribution in [0.3, 0.4) is 0 Å². The Hall–Kier alpha value is -2.65. The lowest BCUT2D eigenvalue weighted by atomic mass is 9.52. The fraction of sp³-hybridized carbons (Fsp3) is 0.654. The third-order valence-corrected chi connectivity index (χ3v) is 8.83. The molecule has 4 rings (SSSR count). The lowest BCUT2D eigenvalue weighted by molar-refractivity contribution is -0.162. The van der Waals surface area contributed by atoms with Gasteiger partial charge in [0.15, 0.2) is 0 Å². The summed E-state index contributed by atoms with van der Waals surface area (Å²) in [6.45, 7) is 7.06. The Morgan fingerprint density at radius 3 is 2.40 bits per heavy atom. The van der Waals surface area contributed by atoms with E-state index in [1.54, 1.807) is 26.2 Å². The zero-order valence-corrected chi connectivity index (χ0v) is 20.6. The third-order valence-electron chi connectivity index (χ3n) is 8.83. The van der Waals surface area contributed by atoms with Crippen molar-refractivity contribution < 1.29 is 43.6 Å². The summed E-state index contributed by atoms with van der Waals surface area (Å²) >= 11 is 0. The van der Waals surface area contributed by atoms with E-state index in [1.165, 1.54) is 6.26 Å². The second-order valence-corrected chi connectivity index (χ2v) is 11.0. The van der Waals surface area contributed by atoms with Gasteiger partial charge in [0.25, 0.3) is 0 Å². The molecule has 2 fully saturated rings. The summed E-state index contributed by atoms with van der Waals surface area (Å²) in [5.41, 5.74) is -0.0572. The number of allylic oxidation sites excluding steroid dienone is 1. The summed E-state index contributed by atoms with van der Waals surface area (Å²) in [4.78, 5) is 36.4. The van der Waals surface area contributed by atoms with Crippen LogP contribution in [0.4, 0.5) is 0 Å². The number of fused-ring (bicyclic) bond motifs is 1. The van der Waals surface area contributed by atoms with Gasteiger partial charge in [-0.05, 0) is 51.2 Å². The summed E-state index contributed by atoms with van der Waals surface area (Å²) in [6.07, 6.45) is 2.34. The van der Waals surface area contributed by atoms with Gasteiger partial charge < -0.3 is 29.2 Å². The summed E-state index contributed by atoms with van der Waals surface area (Å²) in [5.74, 6) is -3.47. The molecule has 9 heteroatoms. The number of furan rings is 1. The zero-order chi connectivity index (χ0) is 25.8. The fourth-order valence-corrected chi connectivity index (χ4v) is 7.30. The van der Waals surface area contributed by atoms with Crippen molar-refractivity contribution in [3.05, 3.63) is 35.3 Å². The number of esters is 1. The van der Waals surface area contributed by atoms with Crippen LogP contribution < -0.4 is 0 Å². The van der Waals surface area contributed by atoms with Gasteiger partial charge in [-0.15, -0.1) is 0 Å². The topological polar surface area (TPSA) is 144 Å². The second kappa shape index (κ2) is 8.78. The number of aliphatic hydroxyl groups excluding tert-OH is 1. The molecule has 1 aliphatic carbocycles. The summed E-state index contributed by atoms with van der Waals surface area (Å²) in [7, 11) is 0. The number of carbonyl (C=O) groups excluding carboxylic acids is 1. The molecule has 0 unspecified atom stereocenters. The van der Waals surface area contributed by atoms with Crippen molar-refractivity contribution in [1.29, 1.82) is 0 Å². The van der Waals surface area contributed by atoms with Gasteiger partial charge >= 0.3 is 17.9 Å². The number of hydrogen-bond donors (Lipinski definition) is 3. The standard InChI is InChI=1S/C26H34O9/c1-14-16(5-7-25(4)17(14)9-22(32)34-23(25)15-6-8-33-12-15)26(13-27)18(10-20(28)29)24(2,3)35-19(26)11-21(30)31/h6,8,12,16,18-19,23,27H,5,7,9-11,13H2,1-4H3,(H,28,29)(H,30,31)/t16-,18-,19-,23-,25+,26+/m0/s1. The summed E-state index contributed by atoms with van der Waals surface area (Å²) in [6, 6.07) is 1.78. The van der Waals surface area contributed by atoms with E-state index in [4.69, 9.17) is 13.9 Å². The number of rotatable bonds is 7. The molecule has 1 aromatic rings. The van der Waals surface area contributed by atoms with Gasteiger partial charge in [-0.1, -0.05) is 12.5 Å². The Morgan fingerprint density at radius 1 is 1.14 bits per heavy atom. The molecule has 35 heavy (non-hydrogen) atoms. The molecule has 1 aromatic heterocycles. The van der Waals surface area contributed by atoms with Gasteiger partial charge in [-0.3, -0.25) is 14.4 Å². The SMILES string of the molecule is CC1=C2CC(=O)O[C@@H](c3ccoc3)[C@]2(C)CC[C@@H]1[C@@]1(CO)[C@H](CC(=O)O)OC(C)(C)[C@@H]1CC(=O)O. The first-order valence-electron chi connectivity index (χ1n) is 12.0. The Bertz CT molecular complexity index is 1040. The van der Waals surface area contributed by atoms with Crippen molar-refractivity contribution in [1.82, 2.24) is 0 Å². The van der Waals surface area contributed by atoms with Crippen LogP contribution >= 0.6 is 0 Å². The molecule has 3 N–H and O–H groups in total. The minimum absolute atomic E-state index is 0.0894. The highest BCUT2D eigenvalue weighted by Crippen LogP contribution is 2.64. The van der Waals surface area contributed by atoms with E-state index in [-0.39, 0.29) is 31.1 Å². The van der Waals surface area contributed by atoms with Gasteiger partial charge in [0, 0.05) is 22.3 Å². The number of ether oxygens (including phenoxy) is 2. The lowest BCUT2D eigenvalue weighted by Gasteiger charge is -2.53. The average molecular weight is 491 g/mol. The van der Waals surface area contributed by atoms with Crippen molar-refractivity contribution in [3.63, 3.8) is 0 Å². The van der Waals surface area contributed by atoms with E-state index in [9.17, 15) is 29.7 Å². The van der Waals surface area contributed by atoms with Crippen LogP contribution in [0.15, 0.2) is 34.2 Å². The van der Waals surface area contributed by atoms with Crippen molar-refractivity contribution in [2.75, 3.05) is 6.61 Å². The number of carboxylic acids is 2. The number of carbonyl (C=O) groups is 3. The van der Waals surface area contributed by atoms with Crippen LogP contribution in [0, 0.1) is 22.7 Å². The van der Waals surface area contributed by atoms with Crippen LogP contribution in [0.1, 0.15) is 71.5 Å². The third kappa shape index (κ3) is 3.98. The number of aliphatic carboxylic acids is 2. The number of aliphatic hydroxyl groups is 1. The highest BCUT2D eigenvalue weighted by molar-refractivity contribution is 5.75. The van der Waals surface area contributed by atoms with E-state index >= 15 is 0 Å². The molecule has 0 aromatic carbocycles. The molecule has 0 amide bonds. The molecule has 2 aliphatic heterocycles. The van der Waals surface area contributed by atoms with Crippen LogP contribution in [0.2, 0.25) is 0 Å². The smallest absolute Gasteiger partial charge is 0.310 e. The highest BCUT2D eigenvalue weighted by Gasteiger charge is 2.65. The molecule has 9 nitrogen and oxygen atoms in total. The summed E-state index contributed by atoms with van der Waals surface area (Å²) < 4.78 is 17.2. The first-order valence-corrected chi connectivity index (χ1v) is 12.0. The van der Waals surface area contributed by atoms with E-state index < -0.39 is 53.1 Å². The van der Waals surface area contributed by atoms with Crippen molar-refractivity contribution >= 4 is 17.9 Å². The van der Waals surface area contributed by atoms with Crippen molar-refractivity contribution in [2.24, 2.45) is 22.7 Å². The van der Waals surface area contributed by atoms with Crippen molar-refractivity contribution in [2.45, 2.75) is 77.6 Å². The number of hydrogen-bond acceptors (Lipinski definition) is 7. The predicted octanol–water partition coefficient (Wildman–Crippen LogP) is 3.72. The molecule has 0 radical (unpaired) electrons. The van der Waals surface area contributed by atoms with Gasteiger partial charge in [0.1, 0.15) is 6.10 Å². The first kappa shape index (κ1) is 25.4. The molecule has 2 saturated heterocycles. The molecule has 0 saturated carbocycles. The Labute approximate surface area is 204 Å². The van der Waals surface area contributed by atoms with E-state index in [0.29, 0.717) is 12.8 Å². The molecule has 0 bridgehead atoms. The van der Waals surface area contributed by atoms with Crippen LogP contribution in [-0.2, 0) is 23.9 Å². The monoisotopic (exact) mass is 490 g/mol. The maximum Gasteiger partial charge on any atom is 0.310 e. The maximum absolute atomic E-state index is 12.7. The van der Waals surface area contributed by atoms with E-state index in [0.717, 1.165) is 16.7 Å². The van der Waals surface area contributed by atoms with Gasteiger partial charge in [-0.2, -0.15) is 0 Å². The minimum atomic E-state index is -1.13. The Balaban J connectivity index is 1.86. The van der Waals surface area contributed by atoms with E-state index in [2.05, 4.69) is 6.92 Å². The molecule has 3 heterocycles. The largest absolute Gasteiger partial charge is 0.481 e. The van der Waals surface area contributed by atoms with Crippen LogP contribution in [0.5, 0.6) is 0 Å². The molecule has 0 spiro atoms. The van der Waals surface area contributed by atoms with Crippen molar-refractivity contribution in [3.8, 4) is 0 Å². The number of cyclic esters (lactones) is 1. The van der Waals surface area contributed by atoms with Crippen LogP contribution in [-0.4, -0.2) is 51.5 Å². The quantitative estimate of drug-likeness (QED) is 0.385. The number of carboxylic acid groups (broad SMARTS) is 2. The summed E-state index contributed by atoms with van der Waals surface area (Å²) in [5, 5.41) is 30.3. The molecule has 192 valence electrons. The fourth-order valence-electron chi connectivity index (χ4n) is 7.30. The molecular weight excluding hydrogens is 456 g/mol. The van der Waals surface area contributed by atoms with Crippen LogP contribution in [0.25, 0.3) is 0 Å².